The van der Waals surface area contributed by atoms with Crippen LogP contribution < -0.4 is 14.5 Å². The molecule has 0 atom stereocenters. The molecule has 0 fully saturated rings. The third kappa shape index (κ3) is 4.48. The van der Waals surface area contributed by atoms with Crippen LogP contribution in [0.4, 0.5) is 11.4 Å². The van der Waals surface area contributed by atoms with Crippen molar-refractivity contribution in [1.29, 1.82) is 0 Å². The van der Waals surface area contributed by atoms with Gasteiger partial charge in [0.15, 0.2) is 0 Å². The Kier molecular flexibility index (Phi) is 7.64. The van der Waals surface area contributed by atoms with Gasteiger partial charge in [-0.05, 0) is 65.3 Å². The Morgan fingerprint density at radius 1 is 0.889 bits per heavy atom. The summed E-state index contributed by atoms with van der Waals surface area (Å²) in [6.45, 7) is 15.3. The number of anilines is 2. The van der Waals surface area contributed by atoms with E-state index in [2.05, 4.69) is 78.9 Å². The first-order valence-corrected chi connectivity index (χ1v) is 15.6. The van der Waals surface area contributed by atoms with E-state index in [0.717, 1.165) is 54.2 Å². The van der Waals surface area contributed by atoms with Crippen molar-refractivity contribution in [3.8, 4) is 11.5 Å². The van der Waals surface area contributed by atoms with Gasteiger partial charge >= 0.3 is 5.97 Å². The fourth-order valence-corrected chi connectivity index (χ4v) is 6.99. The summed E-state index contributed by atoms with van der Waals surface area (Å²) in [5.74, 6) is 0.0599. The van der Waals surface area contributed by atoms with Crippen LogP contribution in [-0.4, -0.2) is 59.4 Å². The number of aryl methyl sites for hydroxylation is 1. The summed E-state index contributed by atoms with van der Waals surface area (Å²) in [5, 5.41) is 16.2. The van der Waals surface area contributed by atoms with Crippen LogP contribution in [0.5, 0.6) is 11.5 Å². The fourth-order valence-electron chi connectivity index (χ4n) is 6.99. The number of carbonyl (C=O) groups excluding carboxylic acids is 1. The highest BCUT2D eigenvalue weighted by Gasteiger charge is 2.57. The summed E-state index contributed by atoms with van der Waals surface area (Å²) >= 11 is 0. The summed E-state index contributed by atoms with van der Waals surface area (Å²) in [5.41, 5.74) is 5.75. The van der Waals surface area contributed by atoms with E-state index in [1.807, 2.05) is 24.3 Å². The van der Waals surface area contributed by atoms with Crippen molar-refractivity contribution in [3.63, 3.8) is 0 Å². The third-order valence-corrected chi connectivity index (χ3v) is 9.24. The van der Waals surface area contributed by atoms with Gasteiger partial charge in [0.1, 0.15) is 17.0 Å². The monoisotopic (exact) mass is 605 g/mol. The molecule has 3 aromatic carbocycles. The van der Waals surface area contributed by atoms with Gasteiger partial charge < -0.3 is 24.6 Å². The standard InChI is InChI=1S/C36H39N5O4/c1-7-39(8-2)24-15-17-28-31(19-24)45-32-20-25(40(9-3)10-4)16-18-29(32)36(28)27-14-12-11-13-26(27)34(42)41(36)37-21-30-22(5)33(35(43)44)23(6)38-30/h11-21,38H,7-10H2,1-6H3,(H,43,44)/b37-21-. The minimum Gasteiger partial charge on any atom is -0.478 e. The summed E-state index contributed by atoms with van der Waals surface area (Å²) < 4.78 is 6.74. The molecule has 1 spiro atoms. The number of hydrazone groups is 1. The van der Waals surface area contributed by atoms with Crippen LogP contribution in [0, 0.1) is 13.8 Å². The van der Waals surface area contributed by atoms with E-state index in [1.54, 1.807) is 25.1 Å². The van der Waals surface area contributed by atoms with Gasteiger partial charge in [-0.2, -0.15) is 5.10 Å². The molecule has 2 aliphatic heterocycles. The smallest absolute Gasteiger partial charge is 0.337 e. The number of benzene rings is 3. The van der Waals surface area contributed by atoms with E-state index in [-0.39, 0.29) is 11.5 Å². The average molecular weight is 606 g/mol. The van der Waals surface area contributed by atoms with Crippen molar-refractivity contribution >= 4 is 29.5 Å². The third-order valence-electron chi connectivity index (χ3n) is 9.24. The SMILES string of the molecule is CCN(CC)c1ccc2c(c1)Oc1cc(N(CC)CC)ccc1C21c2ccccc2C(=O)N1/N=C\c1[nH]c(C)c(C(=O)O)c1C. The summed E-state index contributed by atoms with van der Waals surface area (Å²) in [4.78, 5) is 34.0. The number of nitrogens with one attached hydrogen (secondary N) is 1. The number of fused-ring (bicyclic) bond motifs is 6. The highest BCUT2D eigenvalue weighted by atomic mass is 16.5. The lowest BCUT2D eigenvalue weighted by Crippen LogP contribution is -2.44. The minimum absolute atomic E-state index is 0.205. The number of ether oxygens (including phenoxy) is 1. The van der Waals surface area contributed by atoms with Crippen molar-refractivity contribution < 1.29 is 19.4 Å². The van der Waals surface area contributed by atoms with Crippen LogP contribution in [0.2, 0.25) is 0 Å². The van der Waals surface area contributed by atoms with Gasteiger partial charge in [0.05, 0.1) is 17.5 Å². The number of hydrogen-bond acceptors (Lipinski definition) is 6. The first-order chi connectivity index (χ1) is 21.7. The predicted molar refractivity (Wildman–Crippen MR) is 177 cm³/mol. The van der Waals surface area contributed by atoms with Crippen LogP contribution in [0.25, 0.3) is 0 Å². The fraction of sp³-hybridized carbons (Fsp3) is 0.306. The second kappa shape index (κ2) is 11.5. The van der Waals surface area contributed by atoms with Gasteiger partial charge in [-0.3, -0.25) is 4.79 Å². The number of nitrogens with zero attached hydrogens (tertiary/aromatic N) is 4. The Morgan fingerprint density at radius 3 is 1.96 bits per heavy atom. The number of aromatic amines is 1. The average Bonchev–Trinajstić information content (AvgIpc) is 3.46. The Hall–Kier alpha value is -5.05. The van der Waals surface area contributed by atoms with E-state index in [0.29, 0.717) is 34.0 Å². The Labute approximate surface area is 263 Å². The molecular weight excluding hydrogens is 566 g/mol. The number of hydrogen-bond donors (Lipinski definition) is 2. The molecule has 0 bridgehead atoms. The van der Waals surface area contributed by atoms with Crippen molar-refractivity contribution in [1.82, 2.24) is 9.99 Å². The highest BCUT2D eigenvalue weighted by molar-refractivity contribution is 6.03. The summed E-state index contributed by atoms with van der Waals surface area (Å²) in [6, 6.07) is 20.0. The van der Waals surface area contributed by atoms with E-state index in [1.165, 1.54) is 0 Å². The summed E-state index contributed by atoms with van der Waals surface area (Å²) in [6.07, 6.45) is 1.56. The Morgan fingerprint density at radius 2 is 1.44 bits per heavy atom. The van der Waals surface area contributed by atoms with Crippen LogP contribution in [0.1, 0.15) is 82.1 Å². The molecule has 9 nitrogen and oxygen atoms in total. The molecule has 2 N–H and O–H groups in total. The molecule has 45 heavy (non-hydrogen) atoms. The molecule has 3 heterocycles. The molecule has 0 radical (unpaired) electrons. The number of aromatic carboxylic acids is 1. The maximum Gasteiger partial charge on any atom is 0.337 e. The van der Waals surface area contributed by atoms with Gasteiger partial charge in [-0.15, -0.1) is 0 Å². The molecule has 2 aliphatic rings. The molecule has 0 unspecified atom stereocenters. The van der Waals surface area contributed by atoms with Gasteiger partial charge in [-0.25, -0.2) is 9.80 Å². The highest BCUT2D eigenvalue weighted by Crippen LogP contribution is 2.58. The molecule has 4 aromatic rings. The predicted octanol–water partition coefficient (Wildman–Crippen LogP) is 6.91. The number of amides is 1. The molecule has 1 amide bonds. The molecular formula is C36H39N5O4. The number of aromatic nitrogens is 1. The first-order valence-electron chi connectivity index (χ1n) is 15.6. The maximum atomic E-state index is 14.4. The van der Waals surface area contributed by atoms with E-state index >= 15 is 0 Å². The molecule has 9 heteroatoms. The largest absolute Gasteiger partial charge is 0.478 e. The lowest BCUT2D eigenvalue weighted by molar-refractivity contribution is 0.0671. The van der Waals surface area contributed by atoms with Gasteiger partial charge in [0, 0.05) is 77.6 Å². The molecule has 0 saturated carbocycles. The van der Waals surface area contributed by atoms with Crippen molar-refractivity contribution in [2.45, 2.75) is 47.1 Å². The lowest BCUT2D eigenvalue weighted by atomic mass is 9.75. The molecule has 232 valence electrons. The Balaban J connectivity index is 1.63. The van der Waals surface area contributed by atoms with Gasteiger partial charge in [0.2, 0.25) is 0 Å². The summed E-state index contributed by atoms with van der Waals surface area (Å²) in [7, 11) is 0. The van der Waals surface area contributed by atoms with Crippen LogP contribution in [0.15, 0.2) is 65.8 Å². The quantitative estimate of drug-likeness (QED) is 0.201. The topological polar surface area (TPSA) is 101 Å². The second-order valence-corrected chi connectivity index (χ2v) is 11.4. The molecule has 0 aliphatic carbocycles. The minimum atomic E-state index is -1.12. The van der Waals surface area contributed by atoms with Crippen molar-refractivity contribution in [2.75, 3.05) is 36.0 Å². The lowest BCUT2D eigenvalue weighted by Gasteiger charge is -2.42. The number of carboxylic acid groups (broad SMARTS) is 1. The number of carbonyl (C=O) groups is 2. The second-order valence-electron chi connectivity index (χ2n) is 11.4. The van der Waals surface area contributed by atoms with E-state index < -0.39 is 11.5 Å². The van der Waals surface area contributed by atoms with Crippen LogP contribution >= 0.6 is 0 Å². The van der Waals surface area contributed by atoms with E-state index in [9.17, 15) is 14.7 Å². The number of carboxylic acids is 1. The zero-order valence-corrected chi connectivity index (χ0v) is 26.6. The zero-order chi connectivity index (χ0) is 32.0. The number of rotatable bonds is 9. The molecule has 1 aromatic heterocycles. The maximum absolute atomic E-state index is 14.4. The Bertz CT molecular complexity index is 1770. The zero-order valence-electron chi connectivity index (χ0n) is 26.6. The van der Waals surface area contributed by atoms with Crippen molar-refractivity contribution in [3.05, 3.63) is 105 Å². The number of H-pyrrole nitrogens is 1. The van der Waals surface area contributed by atoms with E-state index in [4.69, 9.17) is 9.84 Å². The molecule has 0 saturated heterocycles. The molecule has 6 rings (SSSR count). The van der Waals surface area contributed by atoms with Crippen LogP contribution in [-0.2, 0) is 5.54 Å². The van der Waals surface area contributed by atoms with Gasteiger partial charge in [0.25, 0.3) is 5.91 Å². The van der Waals surface area contributed by atoms with Crippen LogP contribution in [0.3, 0.4) is 0 Å². The van der Waals surface area contributed by atoms with Gasteiger partial charge in [-0.1, -0.05) is 30.3 Å². The normalized spacial score (nSPS) is 14.4. The first kappa shape index (κ1) is 30.0. The van der Waals surface area contributed by atoms with Crippen molar-refractivity contribution in [2.24, 2.45) is 5.10 Å².